The predicted molar refractivity (Wildman–Crippen MR) is 167 cm³/mol. The zero-order valence-electron chi connectivity index (χ0n) is 23.4. The standard InChI is InChI=1S/C31H26ClN3O6S2/c1-4-40-22-11-7-20(8-12-22)28-27(30(37)41-5-2)18(3)33-31-34(28)29(36)26(43-31)17-19-6-15-25(24(16-19)35(38)39)42-23-13-9-21(32)10-14-23/h6-17,28H,4-5H2,1-3H3/b26-17+/t28-/m1/s1. The highest BCUT2D eigenvalue weighted by atomic mass is 35.5. The number of hydrogen-bond donors (Lipinski definition) is 0. The molecule has 1 atom stereocenters. The minimum atomic E-state index is -0.777. The number of ether oxygens (including phenoxy) is 2. The summed E-state index contributed by atoms with van der Waals surface area (Å²) in [5.41, 5.74) is 1.42. The molecule has 0 spiro atoms. The van der Waals surface area contributed by atoms with Crippen molar-refractivity contribution in [3.05, 3.63) is 124 Å². The van der Waals surface area contributed by atoms with Crippen molar-refractivity contribution in [2.75, 3.05) is 13.2 Å². The van der Waals surface area contributed by atoms with Crippen molar-refractivity contribution in [2.45, 2.75) is 36.6 Å². The number of thiazole rings is 1. The second-order valence-electron chi connectivity index (χ2n) is 9.34. The summed E-state index contributed by atoms with van der Waals surface area (Å²) in [5, 5.41) is 12.5. The van der Waals surface area contributed by atoms with E-state index in [1.165, 1.54) is 22.4 Å². The van der Waals surface area contributed by atoms with E-state index in [9.17, 15) is 19.7 Å². The van der Waals surface area contributed by atoms with Gasteiger partial charge < -0.3 is 9.47 Å². The second kappa shape index (κ2) is 13.0. The highest BCUT2D eigenvalue weighted by Crippen LogP contribution is 2.36. The summed E-state index contributed by atoms with van der Waals surface area (Å²) < 4.78 is 12.7. The molecule has 0 aliphatic carbocycles. The molecule has 0 saturated heterocycles. The minimum Gasteiger partial charge on any atom is -0.494 e. The summed E-state index contributed by atoms with van der Waals surface area (Å²) in [6, 6.07) is 18.3. The lowest BCUT2D eigenvalue weighted by molar-refractivity contribution is -0.387. The third-order valence-corrected chi connectivity index (χ3v) is 8.85. The molecule has 1 aromatic heterocycles. The molecule has 0 bridgehead atoms. The molecule has 0 fully saturated rings. The quantitative estimate of drug-likeness (QED) is 0.128. The van der Waals surface area contributed by atoms with E-state index >= 15 is 0 Å². The third-order valence-electron chi connectivity index (χ3n) is 6.54. The number of rotatable bonds is 9. The molecule has 0 N–H and O–H groups in total. The lowest BCUT2D eigenvalue weighted by Crippen LogP contribution is -2.39. The van der Waals surface area contributed by atoms with E-state index in [1.807, 2.05) is 19.1 Å². The van der Waals surface area contributed by atoms with Gasteiger partial charge in [-0.3, -0.25) is 19.5 Å². The van der Waals surface area contributed by atoms with Gasteiger partial charge in [0, 0.05) is 16.0 Å². The van der Waals surface area contributed by atoms with Crippen LogP contribution in [0.1, 0.15) is 37.9 Å². The summed E-state index contributed by atoms with van der Waals surface area (Å²) >= 11 is 8.37. The highest BCUT2D eigenvalue weighted by molar-refractivity contribution is 7.99. The van der Waals surface area contributed by atoms with Crippen LogP contribution in [0.25, 0.3) is 6.08 Å². The van der Waals surface area contributed by atoms with Gasteiger partial charge in [0.15, 0.2) is 4.80 Å². The van der Waals surface area contributed by atoms with Crippen molar-refractivity contribution < 1.29 is 19.2 Å². The van der Waals surface area contributed by atoms with Gasteiger partial charge in [-0.15, -0.1) is 0 Å². The maximum atomic E-state index is 13.9. The molecular formula is C31H26ClN3O6S2. The molecule has 220 valence electrons. The van der Waals surface area contributed by atoms with Crippen LogP contribution in [0.5, 0.6) is 5.75 Å². The predicted octanol–water partition coefficient (Wildman–Crippen LogP) is 5.91. The molecule has 2 heterocycles. The van der Waals surface area contributed by atoms with Crippen molar-refractivity contribution >= 4 is 52.4 Å². The fourth-order valence-electron chi connectivity index (χ4n) is 4.65. The Kier molecular flexibility index (Phi) is 9.14. The third kappa shape index (κ3) is 6.43. The summed E-state index contributed by atoms with van der Waals surface area (Å²) in [6.45, 7) is 5.98. The van der Waals surface area contributed by atoms with Crippen molar-refractivity contribution in [3.8, 4) is 5.75 Å². The summed E-state index contributed by atoms with van der Waals surface area (Å²) in [6.07, 6.45) is 1.60. The Bertz CT molecular complexity index is 1910. The number of nitrogens with zero attached hydrogens (tertiary/aromatic N) is 3. The van der Waals surface area contributed by atoms with Crippen LogP contribution in [0.3, 0.4) is 0 Å². The number of hydrogen-bond acceptors (Lipinski definition) is 9. The van der Waals surface area contributed by atoms with Gasteiger partial charge in [-0.05, 0) is 80.4 Å². The largest absolute Gasteiger partial charge is 0.494 e. The number of carbonyl (C=O) groups excluding carboxylic acids is 1. The van der Waals surface area contributed by atoms with Crippen LogP contribution in [0, 0.1) is 10.1 Å². The maximum Gasteiger partial charge on any atom is 0.338 e. The number of benzene rings is 3. The summed E-state index contributed by atoms with van der Waals surface area (Å²) in [4.78, 5) is 44.8. The lowest BCUT2D eigenvalue weighted by atomic mass is 9.96. The Hall–Kier alpha value is -4.19. The molecular weight excluding hydrogens is 610 g/mol. The van der Waals surface area contributed by atoms with Gasteiger partial charge in [-0.1, -0.05) is 52.9 Å². The summed E-state index contributed by atoms with van der Waals surface area (Å²) in [7, 11) is 0. The average Bonchev–Trinajstić information content (AvgIpc) is 3.28. The van der Waals surface area contributed by atoms with Gasteiger partial charge in [0.05, 0.1) is 44.9 Å². The number of allylic oxidation sites excluding steroid dienone is 1. The van der Waals surface area contributed by atoms with Gasteiger partial charge in [-0.2, -0.15) is 0 Å². The average molecular weight is 636 g/mol. The molecule has 1 aliphatic heterocycles. The molecule has 0 unspecified atom stereocenters. The molecule has 0 amide bonds. The number of fused-ring (bicyclic) bond motifs is 1. The van der Waals surface area contributed by atoms with Crippen LogP contribution in [0.4, 0.5) is 5.69 Å². The zero-order chi connectivity index (χ0) is 30.7. The Morgan fingerprint density at radius 3 is 2.49 bits per heavy atom. The second-order valence-corrected chi connectivity index (χ2v) is 11.9. The summed E-state index contributed by atoms with van der Waals surface area (Å²) in [5.74, 6) is 0.109. The first-order valence-electron chi connectivity index (χ1n) is 13.3. The Morgan fingerprint density at radius 1 is 1.12 bits per heavy atom. The van der Waals surface area contributed by atoms with Crippen molar-refractivity contribution in [1.29, 1.82) is 0 Å². The molecule has 0 saturated carbocycles. The van der Waals surface area contributed by atoms with Crippen LogP contribution in [0.15, 0.2) is 97.6 Å². The van der Waals surface area contributed by atoms with Gasteiger partial charge in [-0.25, -0.2) is 9.79 Å². The fraction of sp³-hybridized carbons (Fsp3) is 0.194. The van der Waals surface area contributed by atoms with Crippen LogP contribution in [-0.4, -0.2) is 28.7 Å². The number of nitro groups is 1. The molecule has 1 aliphatic rings. The first kappa shape index (κ1) is 30.3. The molecule has 9 nitrogen and oxygen atoms in total. The number of halogens is 1. The SMILES string of the molecule is CCOC(=O)C1=C(C)N=c2s/c(=C/c3ccc(Sc4ccc(Cl)cc4)c([N+](=O)[O-])c3)c(=O)n2[C@@H]1c1ccc(OCC)cc1. The van der Waals surface area contributed by atoms with Gasteiger partial charge in [0.25, 0.3) is 11.2 Å². The highest BCUT2D eigenvalue weighted by Gasteiger charge is 2.33. The number of carbonyl (C=O) groups is 1. The molecule has 12 heteroatoms. The van der Waals surface area contributed by atoms with Crippen LogP contribution in [0.2, 0.25) is 5.02 Å². The fourth-order valence-corrected chi connectivity index (χ4v) is 6.73. The van der Waals surface area contributed by atoms with E-state index in [0.29, 0.717) is 48.4 Å². The van der Waals surface area contributed by atoms with Gasteiger partial charge in [0.2, 0.25) is 0 Å². The van der Waals surface area contributed by atoms with Crippen LogP contribution in [-0.2, 0) is 9.53 Å². The van der Waals surface area contributed by atoms with Crippen molar-refractivity contribution in [1.82, 2.24) is 4.57 Å². The van der Waals surface area contributed by atoms with E-state index in [1.54, 1.807) is 68.5 Å². The van der Waals surface area contributed by atoms with E-state index in [0.717, 1.165) is 16.2 Å². The van der Waals surface area contributed by atoms with E-state index in [-0.39, 0.29) is 23.4 Å². The smallest absolute Gasteiger partial charge is 0.338 e. The Labute approximate surface area is 259 Å². The van der Waals surface area contributed by atoms with Crippen LogP contribution < -0.4 is 19.6 Å². The van der Waals surface area contributed by atoms with Gasteiger partial charge >= 0.3 is 5.97 Å². The molecule has 43 heavy (non-hydrogen) atoms. The first-order chi connectivity index (χ1) is 20.7. The molecule has 0 radical (unpaired) electrons. The van der Waals surface area contributed by atoms with Crippen molar-refractivity contribution in [3.63, 3.8) is 0 Å². The van der Waals surface area contributed by atoms with E-state index in [2.05, 4.69) is 4.99 Å². The van der Waals surface area contributed by atoms with Crippen molar-refractivity contribution in [2.24, 2.45) is 4.99 Å². The zero-order valence-corrected chi connectivity index (χ0v) is 25.8. The normalized spacial score (nSPS) is 14.7. The maximum absolute atomic E-state index is 13.9. The van der Waals surface area contributed by atoms with Crippen LogP contribution >= 0.6 is 34.7 Å². The molecule has 4 aromatic rings. The Balaban J connectivity index is 1.60. The van der Waals surface area contributed by atoms with Gasteiger partial charge in [0.1, 0.15) is 5.75 Å². The molecule has 3 aromatic carbocycles. The molecule has 5 rings (SSSR count). The van der Waals surface area contributed by atoms with E-state index in [4.69, 9.17) is 21.1 Å². The topological polar surface area (TPSA) is 113 Å². The lowest BCUT2D eigenvalue weighted by Gasteiger charge is -2.24. The Morgan fingerprint density at radius 2 is 1.84 bits per heavy atom. The number of aromatic nitrogens is 1. The number of esters is 1. The monoisotopic (exact) mass is 635 g/mol. The number of nitro benzene ring substituents is 1. The minimum absolute atomic E-state index is 0.0887. The first-order valence-corrected chi connectivity index (χ1v) is 15.4. The van der Waals surface area contributed by atoms with E-state index < -0.39 is 16.9 Å².